The summed E-state index contributed by atoms with van der Waals surface area (Å²) in [5.41, 5.74) is 1.71. The number of non-ortho nitro benzene ring substituents is 1. The molecule has 9 nitrogen and oxygen atoms in total. The molecule has 2 aromatic carbocycles. The van der Waals surface area contributed by atoms with Crippen molar-refractivity contribution in [2.45, 2.75) is 13.0 Å². The van der Waals surface area contributed by atoms with E-state index >= 15 is 0 Å². The van der Waals surface area contributed by atoms with E-state index in [-0.39, 0.29) is 16.8 Å². The van der Waals surface area contributed by atoms with Gasteiger partial charge in [-0.3, -0.25) is 19.5 Å². The molecule has 1 aromatic heterocycles. The predicted octanol–water partition coefficient (Wildman–Crippen LogP) is 2.33. The van der Waals surface area contributed by atoms with Crippen LogP contribution in [0, 0.1) is 10.1 Å². The second-order valence-corrected chi connectivity index (χ2v) is 8.20. The fourth-order valence-electron chi connectivity index (χ4n) is 3.64. The second kappa shape index (κ2) is 8.83. The highest BCUT2D eigenvalue weighted by Crippen LogP contribution is 2.31. The lowest BCUT2D eigenvalue weighted by molar-refractivity contribution is -0.384. The summed E-state index contributed by atoms with van der Waals surface area (Å²) in [5.74, 6) is 0.0753. The van der Waals surface area contributed by atoms with E-state index in [1.807, 2.05) is 0 Å². The summed E-state index contributed by atoms with van der Waals surface area (Å²) in [6.07, 6.45) is 1.65. The van der Waals surface area contributed by atoms with E-state index in [1.54, 1.807) is 56.5 Å². The maximum absolute atomic E-state index is 13.4. The number of allylic oxidation sites excluding steroid dienone is 1. The molecule has 0 saturated carbocycles. The van der Waals surface area contributed by atoms with Gasteiger partial charge in [0.25, 0.3) is 11.2 Å². The SMILES string of the molecule is COC(=O)C1=C(C)N=c2s/c(=C/c3ccc([N+](=O)[O-])cc3)c(=O)n2[C@H]1c1ccc(OC)cc1. The van der Waals surface area contributed by atoms with E-state index in [4.69, 9.17) is 9.47 Å². The Morgan fingerprint density at radius 1 is 1.15 bits per heavy atom. The highest BCUT2D eigenvalue weighted by Gasteiger charge is 2.33. The number of ether oxygens (including phenoxy) is 2. The highest BCUT2D eigenvalue weighted by molar-refractivity contribution is 7.07. The van der Waals surface area contributed by atoms with Gasteiger partial charge in [0.1, 0.15) is 5.75 Å². The maximum atomic E-state index is 13.4. The van der Waals surface area contributed by atoms with Crippen molar-refractivity contribution in [1.82, 2.24) is 4.57 Å². The van der Waals surface area contributed by atoms with Gasteiger partial charge in [-0.1, -0.05) is 23.5 Å². The number of methoxy groups -OCH3 is 2. The number of aromatic nitrogens is 1. The van der Waals surface area contributed by atoms with Gasteiger partial charge in [-0.15, -0.1) is 0 Å². The monoisotopic (exact) mass is 465 g/mol. The zero-order valence-electron chi connectivity index (χ0n) is 18.0. The van der Waals surface area contributed by atoms with Crippen LogP contribution >= 0.6 is 11.3 Å². The van der Waals surface area contributed by atoms with Crippen LogP contribution in [0.3, 0.4) is 0 Å². The second-order valence-electron chi connectivity index (χ2n) is 7.20. The largest absolute Gasteiger partial charge is 0.497 e. The topological polar surface area (TPSA) is 113 Å². The Morgan fingerprint density at radius 3 is 2.39 bits per heavy atom. The number of benzene rings is 2. The van der Waals surface area contributed by atoms with E-state index in [9.17, 15) is 19.7 Å². The van der Waals surface area contributed by atoms with Crippen LogP contribution in [-0.2, 0) is 9.53 Å². The van der Waals surface area contributed by atoms with Crippen LogP contribution in [0.5, 0.6) is 5.75 Å². The molecule has 0 radical (unpaired) electrons. The number of carbonyl (C=O) groups is 1. The molecule has 0 aliphatic carbocycles. The first kappa shape index (κ1) is 22.2. The van der Waals surface area contributed by atoms with Crippen molar-refractivity contribution in [1.29, 1.82) is 0 Å². The number of rotatable bonds is 5. The number of nitro groups is 1. The van der Waals surface area contributed by atoms with Gasteiger partial charge in [-0.05, 0) is 48.4 Å². The molecule has 2 heterocycles. The molecule has 3 aromatic rings. The van der Waals surface area contributed by atoms with Gasteiger partial charge in [0.15, 0.2) is 4.80 Å². The number of nitro benzene ring substituents is 1. The van der Waals surface area contributed by atoms with Crippen LogP contribution < -0.4 is 19.6 Å². The van der Waals surface area contributed by atoms with E-state index in [2.05, 4.69) is 4.99 Å². The van der Waals surface area contributed by atoms with Crippen LogP contribution in [0.2, 0.25) is 0 Å². The molecule has 1 aliphatic heterocycles. The van der Waals surface area contributed by atoms with Gasteiger partial charge in [0, 0.05) is 12.1 Å². The summed E-state index contributed by atoms with van der Waals surface area (Å²) in [6.45, 7) is 1.70. The summed E-state index contributed by atoms with van der Waals surface area (Å²) in [4.78, 5) is 41.4. The molecule has 168 valence electrons. The zero-order chi connectivity index (χ0) is 23.7. The van der Waals surface area contributed by atoms with E-state index in [0.29, 0.717) is 31.9 Å². The minimum absolute atomic E-state index is 0.0357. The number of hydrogen-bond donors (Lipinski definition) is 0. The summed E-state index contributed by atoms with van der Waals surface area (Å²) in [5, 5.41) is 10.9. The van der Waals surface area contributed by atoms with E-state index < -0.39 is 16.9 Å². The average Bonchev–Trinajstić information content (AvgIpc) is 3.12. The number of nitrogens with zero attached hydrogens (tertiary/aromatic N) is 3. The Labute approximate surface area is 191 Å². The molecule has 1 aliphatic rings. The van der Waals surface area contributed by atoms with Crippen molar-refractivity contribution in [3.63, 3.8) is 0 Å². The highest BCUT2D eigenvalue weighted by atomic mass is 32.1. The van der Waals surface area contributed by atoms with Crippen LogP contribution in [-0.4, -0.2) is 29.7 Å². The van der Waals surface area contributed by atoms with Gasteiger partial charge >= 0.3 is 5.97 Å². The first-order chi connectivity index (χ1) is 15.8. The third-order valence-corrected chi connectivity index (χ3v) is 6.24. The quantitative estimate of drug-likeness (QED) is 0.325. The Morgan fingerprint density at radius 2 is 1.82 bits per heavy atom. The van der Waals surface area contributed by atoms with Crippen molar-refractivity contribution in [3.8, 4) is 5.75 Å². The molecular formula is C23H19N3O6S. The lowest BCUT2D eigenvalue weighted by Crippen LogP contribution is -2.39. The van der Waals surface area contributed by atoms with Gasteiger partial charge in [-0.25, -0.2) is 9.79 Å². The van der Waals surface area contributed by atoms with Crippen molar-refractivity contribution >= 4 is 29.1 Å². The first-order valence-electron chi connectivity index (χ1n) is 9.83. The summed E-state index contributed by atoms with van der Waals surface area (Å²) < 4.78 is 12.1. The Bertz CT molecular complexity index is 1450. The molecule has 10 heteroatoms. The summed E-state index contributed by atoms with van der Waals surface area (Å²) in [7, 11) is 2.84. The van der Waals surface area contributed by atoms with Gasteiger partial charge in [0.2, 0.25) is 0 Å². The molecule has 0 unspecified atom stereocenters. The molecule has 0 spiro atoms. The summed E-state index contributed by atoms with van der Waals surface area (Å²) >= 11 is 1.18. The molecule has 0 N–H and O–H groups in total. The lowest BCUT2D eigenvalue weighted by Gasteiger charge is -2.24. The fourth-order valence-corrected chi connectivity index (χ4v) is 4.68. The standard InChI is InChI=1S/C23H19N3O6S/c1-13-19(22(28)32-3)20(15-6-10-17(31-2)11-7-15)25-21(27)18(33-23(25)24-13)12-14-4-8-16(9-5-14)26(29)30/h4-12,20H,1-3H3/b18-12+/t20-/m0/s1. The molecule has 4 rings (SSSR count). The van der Waals surface area contributed by atoms with Crippen molar-refractivity contribution < 1.29 is 19.2 Å². The number of esters is 1. The van der Waals surface area contributed by atoms with Crippen molar-refractivity contribution in [2.24, 2.45) is 4.99 Å². The Balaban J connectivity index is 1.90. The lowest BCUT2D eigenvalue weighted by atomic mass is 9.96. The minimum Gasteiger partial charge on any atom is -0.497 e. The van der Waals surface area contributed by atoms with Crippen molar-refractivity contribution in [3.05, 3.63) is 101 Å². The number of fused-ring (bicyclic) bond motifs is 1. The van der Waals surface area contributed by atoms with Gasteiger partial charge in [0.05, 0.1) is 41.0 Å². The van der Waals surface area contributed by atoms with Crippen LogP contribution in [0.25, 0.3) is 6.08 Å². The first-order valence-corrected chi connectivity index (χ1v) is 10.6. The smallest absolute Gasteiger partial charge is 0.338 e. The predicted molar refractivity (Wildman–Crippen MR) is 122 cm³/mol. The van der Waals surface area contributed by atoms with Gasteiger partial charge in [-0.2, -0.15) is 0 Å². The molecule has 0 bridgehead atoms. The number of thiazole rings is 1. The zero-order valence-corrected chi connectivity index (χ0v) is 18.8. The number of hydrogen-bond acceptors (Lipinski definition) is 8. The molecule has 1 atom stereocenters. The maximum Gasteiger partial charge on any atom is 0.338 e. The van der Waals surface area contributed by atoms with Crippen LogP contribution in [0.15, 0.2) is 69.6 Å². The fraction of sp³-hybridized carbons (Fsp3) is 0.174. The molecule has 0 saturated heterocycles. The van der Waals surface area contributed by atoms with E-state index in [1.165, 1.54) is 35.1 Å². The third-order valence-electron chi connectivity index (χ3n) is 5.26. The average molecular weight is 465 g/mol. The van der Waals surface area contributed by atoms with E-state index in [0.717, 1.165) is 0 Å². The molecule has 33 heavy (non-hydrogen) atoms. The van der Waals surface area contributed by atoms with Crippen LogP contribution in [0.4, 0.5) is 5.69 Å². The Kier molecular flexibility index (Phi) is 5.93. The van der Waals surface area contributed by atoms with Crippen molar-refractivity contribution in [2.75, 3.05) is 14.2 Å². The molecule has 0 fully saturated rings. The number of carbonyl (C=O) groups excluding carboxylic acids is 1. The Hall–Kier alpha value is -4.05. The molecular weight excluding hydrogens is 446 g/mol. The minimum atomic E-state index is -0.724. The normalized spacial score (nSPS) is 15.6. The molecule has 0 amide bonds. The van der Waals surface area contributed by atoms with Gasteiger partial charge < -0.3 is 9.47 Å². The summed E-state index contributed by atoms with van der Waals surface area (Å²) in [6, 6.07) is 12.3. The van der Waals surface area contributed by atoms with Crippen LogP contribution in [0.1, 0.15) is 24.1 Å². The third kappa shape index (κ3) is 4.08.